The van der Waals surface area contributed by atoms with Crippen molar-refractivity contribution in [3.05, 3.63) is 30.5 Å². The van der Waals surface area contributed by atoms with Crippen molar-refractivity contribution < 1.29 is 14.3 Å². The summed E-state index contributed by atoms with van der Waals surface area (Å²) in [5, 5.41) is 3.27. The lowest BCUT2D eigenvalue weighted by molar-refractivity contribution is -0.122. The third-order valence-electron chi connectivity index (χ3n) is 6.36. The highest BCUT2D eigenvalue weighted by molar-refractivity contribution is 5.77. The molecule has 9 nitrogen and oxygen atoms in total. The van der Waals surface area contributed by atoms with E-state index in [1.165, 1.54) is 25.9 Å². The predicted octanol–water partition coefficient (Wildman–Crippen LogP) is 2.80. The fourth-order valence-corrected chi connectivity index (χ4v) is 4.45. The maximum atomic E-state index is 11.4. The molecule has 0 spiro atoms. The van der Waals surface area contributed by atoms with Crippen LogP contribution in [0, 0.1) is 5.92 Å². The fourth-order valence-electron chi connectivity index (χ4n) is 4.45. The van der Waals surface area contributed by atoms with Gasteiger partial charge in [0.05, 0.1) is 13.7 Å². The monoisotopic (exact) mass is 454 g/mol. The summed E-state index contributed by atoms with van der Waals surface area (Å²) < 4.78 is 11.5. The second-order valence-corrected chi connectivity index (χ2v) is 8.64. The molecule has 178 valence electrons. The van der Waals surface area contributed by atoms with Gasteiger partial charge in [-0.3, -0.25) is 4.79 Å². The molecular formula is C24H34N6O3. The molecule has 1 aromatic heterocycles. The minimum atomic E-state index is -0.215. The number of primary amides is 1. The van der Waals surface area contributed by atoms with Gasteiger partial charge in [-0.2, -0.15) is 4.98 Å². The van der Waals surface area contributed by atoms with E-state index < -0.39 is 0 Å². The fraction of sp³-hybridized carbons (Fsp3) is 0.542. The molecule has 2 aromatic rings. The summed E-state index contributed by atoms with van der Waals surface area (Å²) in [5.74, 6) is 2.49. The van der Waals surface area contributed by atoms with Crippen LogP contribution in [-0.2, 0) is 4.79 Å². The second-order valence-electron chi connectivity index (χ2n) is 8.64. The maximum Gasteiger partial charge on any atom is 0.229 e. The van der Waals surface area contributed by atoms with Crippen LogP contribution in [0.4, 0.5) is 17.5 Å². The van der Waals surface area contributed by atoms with Gasteiger partial charge >= 0.3 is 0 Å². The number of aromatic nitrogens is 2. The van der Waals surface area contributed by atoms with Crippen molar-refractivity contribution in [3.8, 4) is 11.5 Å². The minimum Gasteiger partial charge on any atom is -0.493 e. The first-order valence-corrected chi connectivity index (χ1v) is 11.8. The Balaban J connectivity index is 1.35. The molecule has 2 saturated heterocycles. The van der Waals surface area contributed by atoms with Crippen molar-refractivity contribution in [2.24, 2.45) is 11.7 Å². The molecule has 0 unspecified atom stereocenters. The Kier molecular flexibility index (Phi) is 7.83. The van der Waals surface area contributed by atoms with Crippen LogP contribution in [0.3, 0.4) is 0 Å². The van der Waals surface area contributed by atoms with Crippen LogP contribution in [0.25, 0.3) is 0 Å². The number of methoxy groups -OCH3 is 1. The third-order valence-corrected chi connectivity index (χ3v) is 6.36. The molecule has 2 aliphatic heterocycles. The molecule has 9 heteroatoms. The number of ether oxygens (including phenoxy) is 2. The van der Waals surface area contributed by atoms with E-state index in [1.807, 2.05) is 24.3 Å². The van der Waals surface area contributed by atoms with Crippen molar-refractivity contribution in [3.63, 3.8) is 0 Å². The number of hydrogen-bond donors (Lipinski definition) is 2. The number of carbonyl (C=O) groups excluding carboxylic acids is 1. The van der Waals surface area contributed by atoms with Crippen LogP contribution in [0.15, 0.2) is 30.5 Å². The molecule has 2 aliphatic rings. The molecular weight excluding hydrogens is 420 g/mol. The number of nitrogens with zero attached hydrogens (tertiary/aromatic N) is 4. The lowest BCUT2D eigenvalue weighted by Crippen LogP contribution is -2.39. The van der Waals surface area contributed by atoms with Gasteiger partial charge in [0.15, 0.2) is 11.5 Å². The Morgan fingerprint density at radius 1 is 1.15 bits per heavy atom. The molecule has 3 heterocycles. The number of rotatable bonds is 10. The molecule has 2 fully saturated rings. The Morgan fingerprint density at radius 2 is 1.94 bits per heavy atom. The number of amides is 1. The smallest absolute Gasteiger partial charge is 0.229 e. The van der Waals surface area contributed by atoms with Crippen molar-refractivity contribution >= 4 is 23.4 Å². The molecule has 1 aromatic carbocycles. The SMILES string of the molecule is COc1ccc(Nc2nccc(N3CCC(C(N)=O)CC3)n2)cc1OCCCN1CCCC1. The standard InChI is InChI=1S/C24H34N6O3/c1-32-20-6-5-19(17-21(20)33-16-4-13-29-11-2-3-12-29)27-24-26-10-7-22(28-24)30-14-8-18(9-15-30)23(25)31/h5-7,10,17-18H,2-4,8-9,11-16H2,1H3,(H2,25,31)(H,26,27,28). The average molecular weight is 455 g/mol. The summed E-state index contributed by atoms with van der Waals surface area (Å²) in [4.78, 5) is 25.1. The number of nitrogens with two attached hydrogens (primary N) is 1. The van der Waals surface area contributed by atoms with E-state index in [9.17, 15) is 4.79 Å². The van der Waals surface area contributed by atoms with Gasteiger partial charge in [-0.1, -0.05) is 0 Å². The molecule has 33 heavy (non-hydrogen) atoms. The van der Waals surface area contributed by atoms with Crippen molar-refractivity contribution in [1.82, 2.24) is 14.9 Å². The van der Waals surface area contributed by atoms with Gasteiger partial charge in [-0.05, 0) is 63.4 Å². The van der Waals surface area contributed by atoms with Gasteiger partial charge < -0.3 is 30.3 Å². The summed E-state index contributed by atoms with van der Waals surface area (Å²) in [7, 11) is 1.65. The first-order valence-electron chi connectivity index (χ1n) is 11.8. The first-order chi connectivity index (χ1) is 16.1. The zero-order chi connectivity index (χ0) is 23.0. The van der Waals surface area contributed by atoms with Gasteiger partial charge in [0.2, 0.25) is 11.9 Å². The summed E-state index contributed by atoms with van der Waals surface area (Å²) in [6.45, 7) is 5.61. The van der Waals surface area contributed by atoms with Gasteiger partial charge in [0, 0.05) is 43.5 Å². The van der Waals surface area contributed by atoms with E-state index in [0.717, 1.165) is 50.4 Å². The predicted molar refractivity (Wildman–Crippen MR) is 128 cm³/mol. The van der Waals surface area contributed by atoms with Crippen molar-refractivity contribution in [1.29, 1.82) is 0 Å². The topological polar surface area (TPSA) is 106 Å². The minimum absolute atomic E-state index is 0.0474. The van der Waals surface area contributed by atoms with Crippen molar-refractivity contribution in [2.75, 3.05) is 56.7 Å². The van der Waals surface area contributed by atoms with Crippen LogP contribution in [0.1, 0.15) is 32.1 Å². The third kappa shape index (κ3) is 6.25. The van der Waals surface area contributed by atoms with E-state index >= 15 is 0 Å². The molecule has 0 atom stereocenters. The number of hydrogen-bond acceptors (Lipinski definition) is 8. The number of benzene rings is 1. The summed E-state index contributed by atoms with van der Waals surface area (Å²) in [5.41, 5.74) is 6.28. The molecule has 0 saturated carbocycles. The molecule has 0 radical (unpaired) electrons. The Morgan fingerprint density at radius 3 is 2.67 bits per heavy atom. The maximum absolute atomic E-state index is 11.4. The van der Waals surface area contributed by atoms with Crippen LogP contribution >= 0.6 is 0 Å². The lowest BCUT2D eigenvalue weighted by Gasteiger charge is -2.31. The zero-order valence-corrected chi connectivity index (χ0v) is 19.3. The number of carbonyl (C=O) groups is 1. The molecule has 1 amide bonds. The Hall–Kier alpha value is -3.07. The highest BCUT2D eigenvalue weighted by Crippen LogP contribution is 2.31. The van der Waals surface area contributed by atoms with Crippen LogP contribution in [-0.4, -0.2) is 67.2 Å². The highest BCUT2D eigenvalue weighted by Gasteiger charge is 2.24. The van der Waals surface area contributed by atoms with E-state index in [-0.39, 0.29) is 11.8 Å². The Bertz CT molecular complexity index is 926. The molecule has 3 N–H and O–H groups in total. The van der Waals surface area contributed by atoms with Crippen molar-refractivity contribution in [2.45, 2.75) is 32.1 Å². The van der Waals surface area contributed by atoms with Crippen LogP contribution < -0.4 is 25.4 Å². The highest BCUT2D eigenvalue weighted by atomic mass is 16.5. The van der Waals surface area contributed by atoms with E-state index in [1.54, 1.807) is 13.3 Å². The average Bonchev–Trinajstić information content (AvgIpc) is 3.36. The largest absolute Gasteiger partial charge is 0.493 e. The second kappa shape index (κ2) is 11.2. The van der Waals surface area contributed by atoms with E-state index in [0.29, 0.717) is 24.1 Å². The molecule has 0 bridgehead atoms. The van der Waals surface area contributed by atoms with E-state index in [2.05, 4.69) is 25.1 Å². The normalized spacial score (nSPS) is 17.2. The van der Waals surface area contributed by atoms with Gasteiger partial charge in [-0.25, -0.2) is 4.98 Å². The number of piperidine rings is 1. The summed E-state index contributed by atoms with van der Waals surface area (Å²) in [6.07, 6.45) is 6.83. The van der Waals surface area contributed by atoms with Gasteiger partial charge in [-0.15, -0.1) is 0 Å². The number of anilines is 3. The molecule has 0 aliphatic carbocycles. The van der Waals surface area contributed by atoms with Gasteiger partial charge in [0.1, 0.15) is 5.82 Å². The van der Waals surface area contributed by atoms with E-state index in [4.69, 9.17) is 15.2 Å². The number of likely N-dealkylation sites (tertiary alicyclic amines) is 1. The van der Waals surface area contributed by atoms with Crippen LogP contribution in [0.5, 0.6) is 11.5 Å². The zero-order valence-electron chi connectivity index (χ0n) is 19.3. The number of nitrogens with one attached hydrogen (secondary N) is 1. The van der Waals surface area contributed by atoms with Crippen LogP contribution in [0.2, 0.25) is 0 Å². The molecule has 4 rings (SSSR count). The Labute approximate surface area is 195 Å². The first kappa shape index (κ1) is 23.1. The van der Waals surface area contributed by atoms with Gasteiger partial charge in [0.25, 0.3) is 0 Å². The lowest BCUT2D eigenvalue weighted by atomic mass is 9.96. The summed E-state index contributed by atoms with van der Waals surface area (Å²) >= 11 is 0. The quantitative estimate of drug-likeness (QED) is 0.528. The summed E-state index contributed by atoms with van der Waals surface area (Å²) in [6, 6.07) is 7.61.